The van der Waals surface area contributed by atoms with Crippen molar-refractivity contribution in [1.29, 1.82) is 0 Å². The van der Waals surface area contributed by atoms with E-state index in [1.54, 1.807) is 0 Å². The van der Waals surface area contributed by atoms with E-state index in [1.165, 1.54) is 55.4 Å². The molecule has 10 unspecified atom stereocenters. The van der Waals surface area contributed by atoms with Crippen LogP contribution in [0.5, 0.6) is 0 Å². The molecule has 0 aromatic heterocycles. The third-order valence-corrected chi connectivity index (χ3v) is 9.86. The van der Waals surface area contributed by atoms with E-state index in [-0.39, 0.29) is 0 Å². The smallest absolute Gasteiger partial charge is 0.195 e. The number of ether oxygens (including phenoxy) is 3. The lowest BCUT2D eigenvalue weighted by Crippen LogP contribution is -2.87. The number of hydrogen-bond donors (Lipinski definition) is 8. The van der Waals surface area contributed by atoms with Crippen LogP contribution >= 0.6 is 0 Å². The molecule has 8 N–H and O–H groups in total. The lowest BCUT2D eigenvalue weighted by atomic mass is 9.58. The Morgan fingerprint density at radius 2 is 0.912 bits per heavy atom. The van der Waals surface area contributed by atoms with Crippen molar-refractivity contribution in [2.75, 3.05) is 19.8 Å². The van der Waals surface area contributed by atoms with Crippen LogP contribution in [0.1, 0.15) is 69.2 Å². The van der Waals surface area contributed by atoms with Crippen molar-refractivity contribution < 1.29 is 55.1 Å². The Bertz CT molecular complexity index is 805. The molecule has 0 spiro atoms. The summed E-state index contributed by atoms with van der Waals surface area (Å²) < 4.78 is 17.9. The van der Waals surface area contributed by atoms with E-state index in [1.807, 2.05) is 0 Å². The average Bonchev–Trinajstić information content (AvgIpc) is 2.68. The molecule has 0 aliphatic carbocycles. The molecule has 2 aliphatic heterocycles. The van der Waals surface area contributed by atoms with E-state index >= 15 is 0 Å². The van der Waals surface area contributed by atoms with Crippen LogP contribution in [0, 0.1) is 0 Å². The molecule has 202 valence electrons. The van der Waals surface area contributed by atoms with Gasteiger partial charge in [-0.05, 0) is 69.2 Å². The van der Waals surface area contributed by atoms with Gasteiger partial charge in [0.15, 0.2) is 5.79 Å². The van der Waals surface area contributed by atoms with E-state index in [9.17, 15) is 40.9 Å². The number of rotatable bonds is 5. The summed E-state index contributed by atoms with van der Waals surface area (Å²) in [6.45, 7) is 10.7. The topological polar surface area (TPSA) is 190 Å². The van der Waals surface area contributed by atoms with Gasteiger partial charge in [0.05, 0.1) is 19.8 Å². The van der Waals surface area contributed by atoms with E-state index in [0.717, 1.165) is 13.8 Å². The molecular weight excluding hydrogens is 452 g/mol. The molecule has 0 saturated carbocycles. The molecule has 0 aromatic carbocycles. The quantitative estimate of drug-likeness (QED) is 0.222. The van der Waals surface area contributed by atoms with Crippen LogP contribution in [0.25, 0.3) is 0 Å². The minimum atomic E-state index is -2.30. The van der Waals surface area contributed by atoms with Crippen LogP contribution in [0.15, 0.2) is 0 Å². The van der Waals surface area contributed by atoms with E-state index in [2.05, 4.69) is 0 Å². The molecule has 2 rings (SSSR count). The van der Waals surface area contributed by atoms with Crippen LogP contribution in [0.3, 0.4) is 0 Å². The van der Waals surface area contributed by atoms with Crippen molar-refractivity contribution in [2.24, 2.45) is 0 Å². The third-order valence-electron chi connectivity index (χ3n) is 9.86. The molecule has 11 nitrogen and oxygen atoms in total. The minimum Gasteiger partial charge on any atom is -0.393 e. The van der Waals surface area contributed by atoms with Crippen molar-refractivity contribution in [3.05, 3.63) is 0 Å². The first kappa shape index (κ1) is 29.8. The standard InChI is InChI=1S/C23H44O11/c1-14(11-24)17(4,26)19(6,28)18(5,27)16(3,33-14)13-32-22(9)15(2,12-25)34-23(10,31)21(8,30)20(22,7)29/h24-31H,11-13H2,1-10H3. The van der Waals surface area contributed by atoms with Gasteiger partial charge in [0, 0.05) is 0 Å². The van der Waals surface area contributed by atoms with Gasteiger partial charge in [-0.25, -0.2) is 0 Å². The molecule has 0 bridgehead atoms. The second kappa shape index (κ2) is 7.55. The summed E-state index contributed by atoms with van der Waals surface area (Å²) >= 11 is 0. The Labute approximate surface area is 200 Å². The summed E-state index contributed by atoms with van der Waals surface area (Å²) in [5, 5.41) is 87.5. The molecule has 0 amide bonds. The maximum atomic E-state index is 11.5. The first-order valence-corrected chi connectivity index (χ1v) is 11.3. The van der Waals surface area contributed by atoms with Gasteiger partial charge in [0.1, 0.15) is 50.4 Å². The normalized spacial score (nSPS) is 60.9. The Morgan fingerprint density at radius 1 is 0.500 bits per heavy atom. The highest BCUT2D eigenvalue weighted by atomic mass is 16.7. The van der Waals surface area contributed by atoms with E-state index in [0.29, 0.717) is 0 Å². The molecule has 2 saturated heterocycles. The van der Waals surface area contributed by atoms with Gasteiger partial charge in [0.25, 0.3) is 0 Å². The summed E-state index contributed by atoms with van der Waals surface area (Å²) in [5.74, 6) is -2.29. The van der Waals surface area contributed by atoms with Crippen molar-refractivity contribution in [3.8, 4) is 0 Å². The highest BCUT2D eigenvalue weighted by Gasteiger charge is 2.77. The third kappa shape index (κ3) is 3.16. The Hall–Kier alpha value is -0.440. The molecule has 0 radical (unpaired) electrons. The van der Waals surface area contributed by atoms with Crippen molar-refractivity contribution in [3.63, 3.8) is 0 Å². The fourth-order valence-electron chi connectivity index (χ4n) is 5.38. The maximum Gasteiger partial charge on any atom is 0.195 e. The summed E-state index contributed by atoms with van der Waals surface area (Å²) in [5.41, 5.74) is -18.3. The fraction of sp³-hybridized carbons (Fsp3) is 1.00. The zero-order chi connectivity index (χ0) is 27.2. The number of aliphatic hydroxyl groups excluding tert-OH is 2. The van der Waals surface area contributed by atoms with E-state index < -0.39 is 76.0 Å². The van der Waals surface area contributed by atoms with Crippen LogP contribution in [-0.2, 0) is 14.2 Å². The lowest BCUT2D eigenvalue weighted by Gasteiger charge is -2.68. The predicted molar refractivity (Wildman–Crippen MR) is 120 cm³/mol. The SMILES string of the molecule is CC1(O)OC(C)(CO)C(C)(OCC2(C)OC(C)(CO)C(C)(O)C(C)(O)C2(C)O)C(C)(O)C1(C)O. The van der Waals surface area contributed by atoms with E-state index in [4.69, 9.17) is 14.2 Å². The monoisotopic (exact) mass is 496 g/mol. The first-order chi connectivity index (χ1) is 14.7. The highest BCUT2D eigenvalue weighted by molar-refractivity contribution is 5.25. The van der Waals surface area contributed by atoms with Gasteiger partial charge < -0.3 is 55.1 Å². The van der Waals surface area contributed by atoms with Crippen LogP contribution in [0.2, 0.25) is 0 Å². The fourth-order valence-corrected chi connectivity index (χ4v) is 5.38. The minimum absolute atomic E-state index is 0.564. The van der Waals surface area contributed by atoms with Crippen molar-refractivity contribution >= 4 is 0 Å². The first-order valence-electron chi connectivity index (χ1n) is 11.3. The van der Waals surface area contributed by atoms with Crippen molar-refractivity contribution in [1.82, 2.24) is 0 Å². The van der Waals surface area contributed by atoms with Crippen molar-refractivity contribution in [2.45, 2.75) is 125 Å². The Balaban J connectivity index is 2.62. The number of hydrogen-bond acceptors (Lipinski definition) is 11. The zero-order valence-electron chi connectivity index (χ0n) is 21.9. The van der Waals surface area contributed by atoms with Gasteiger partial charge in [0.2, 0.25) is 0 Å². The van der Waals surface area contributed by atoms with Gasteiger partial charge >= 0.3 is 0 Å². The molecule has 2 fully saturated rings. The van der Waals surface area contributed by atoms with Gasteiger partial charge in [-0.1, -0.05) is 0 Å². The highest BCUT2D eigenvalue weighted by Crippen LogP contribution is 2.57. The Morgan fingerprint density at radius 3 is 1.32 bits per heavy atom. The molecule has 34 heavy (non-hydrogen) atoms. The van der Waals surface area contributed by atoms with Gasteiger partial charge in [-0.2, -0.15) is 0 Å². The summed E-state index contributed by atoms with van der Waals surface area (Å²) in [4.78, 5) is 0. The number of aliphatic hydroxyl groups is 8. The largest absolute Gasteiger partial charge is 0.393 e. The molecule has 0 aromatic rings. The lowest BCUT2D eigenvalue weighted by molar-refractivity contribution is -0.463. The van der Waals surface area contributed by atoms with Gasteiger partial charge in [-0.15, -0.1) is 0 Å². The van der Waals surface area contributed by atoms with Crippen LogP contribution in [0.4, 0.5) is 0 Å². The van der Waals surface area contributed by atoms with Crippen LogP contribution in [-0.4, -0.2) is 117 Å². The molecular formula is C23H44O11. The van der Waals surface area contributed by atoms with Gasteiger partial charge in [-0.3, -0.25) is 0 Å². The summed E-state index contributed by atoms with van der Waals surface area (Å²) in [7, 11) is 0. The van der Waals surface area contributed by atoms with Crippen LogP contribution < -0.4 is 0 Å². The molecule has 11 heteroatoms. The second-order valence-corrected chi connectivity index (χ2v) is 11.9. The summed E-state index contributed by atoms with van der Waals surface area (Å²) in [6.07, 6.45) is 0. The average molecular weight is 497 g/mol. The molecule has 2 heterocycles. The maximum absolute atomic E-state index is 11.5. The molecule has 2 aliphatic rings. The predicted octanol–water partition coefficient (Wildman–Crippen LogP) is -1.45. The zero-order valence-corrected chi connectivity index (χ0v) is 21.9. The molecule has 10 atom stereocenters. The Kier molecular flexibility index (Phi) is 6.61. The summed E-state index contributed by atoms with van der Waals surface area (Å²) in [6, 6.07) is 0. The second-order valence-electron chi connectivity index (χ2n) is 11.9.